The zero-order valence-electron chi connectivity index (χ0n) is 12.4. The number of para-hydroxylation sites is 1. The van der Waals surface area contributed by atoms with E-state index in [1.54, 1.807) is 11.3 Å². The Morgan fingerprint density at radius 1 is 1.10 bits per heavy atom. The molecule has 3 aliphatic rings. The average Bonchev–Trinajstić information content (AvgIpc) is 3.00. The van der Waals surface area contributed by atoms with Crippen molar-refractivity contribution in [2.75, 3.05) is 13.1 Å². The van der Waals surface area contributed by atoms with E-state index in [-0.39, 0.29) is 0 Å². The number of fused-ring (bicyclic) bond motifs is 7. The van der Waals surface area contributed by atoms with Crippen LogP contribution in [-0.2, 0) is 6.42 Å². The predicted molar refractivity (Wildman–Crippen MR) is 85.4 cm³/mol. The maximum absolute atomic E-state index is 3.82. The Morgan fingerprint density at radius 2 is 2.00 bits per heavy atom. The third kappa shape index (κ3) is 1.69. The van der Waals surface area contributed by atoms with E-state index in [9.17, 15) is 0 Å². The second-order valence-corrected chi connectivity index (χ2v) is 7.12. The van der Waals surface area contributed by atoms with Crippen molar-refractivity contribution < 1.29 is 4.90 Å². The van der Waals surface area contributed by atoms with Crippen LogP contribution in [0.1, 0.15) is 36.6 Å². The van der Waals surface area contributed by atoms with Gasteiger partial charge in [0.15, 0.2) is 0 Å². The number of aromatic nitrogens is 1. The molecule has 1 unspecified atom stereocenters. The summed E-state index contributed by atoms with van der Waals surface area (Å²) in [7, 11) is 0. The van der Waals surface area contributed by atoms with E-state index in [1.807, 2.05) is 4.90 Å². The van der Waals surface area contributed by atoms with Gasteiger partial charge in [-0.15, -0.1) is 0 Å². The Hall–Kier alpha value is -1.54. The maximum Gasteiger partial charge on any atom is 0.132 e. The first-order chi connectivity index (χ1) is 10.4. The van der Waals surface area contributed by atoms with Crippen LogP contribution in [0, 0.1) is 11.8 Å². The van der Waals surface area contributed by atoms with Gasteiger partial charge in [0, 0.05) is 29.2 Å². The lowest BCUT2D eigenvalue weighted by molar-refractivity contribution is -0.921. The summed E-state index contributed by atoms with van der Waals surface area (Å²) < 4.78 is 0. The number of quaternary nitrogens is 1. The summed E-state index contributed by atoms with van der Waals surface area (Å²) in [6.45, 7) is 2.74. The summed E-state index contributed by atoms with van der Waals surface area (Å²) in [5, 5.41) is 1.48. The van der Waals surface area contributed by atoms with Crippen molar-refractivity contribution in [1.29, 1.82) is 0 Å². The van der Waals surface area contributed by atoms with E-state index in [0.29, 0.717) is 6.04 Å². The van der Waals surface area contributed by atoms with Crippen LogP contribution in [0.15, 0.2) is 36.4 Å². The minimum absolute atomic E-state index is 0.713. The zero-order valence-corrected chi connectivity index (χ0v) is 12.4. The molecular weight excluding hydrogens is 256 g/mol. The van der Waals surface area contributed by atoms with Crippen LogP contribution in [0.25, 0.3) is 10.9 Å². The van der Waals surface area contributed by atoms with E-state index in [4.69, 9.17) is 0 Å². The van der Waals surface area contributed by atoms with Crippen LogP contribution in [0.5, 0.6) is 0 Å². The normalized spacial score (nSPS) is 34.3. The van der Waals surface area contributed by atoms with Crippen molar-refractivity contribution in [3.63, 3.8) is 0 Å². The third-order valence-corrected chi connectivity index (χ3v) is 6.09. The van der Waals surface area contributed by atoms with Crippen LogP contribution in [0.4, 0.5) is 0 Å². The van der Waals surface area contributed by atoms with Crippen LogP contribution in [0.3, 0.4) is 0 Å². The molecule has 0 spiro atoms. The van der Waals surface area contributed by atoms with Gasteiger partial charge in [0.25, 0.3) is 0 Å². The summed E-state index contributed by atoms with van der Waals surface area (Å²) in [4.78, 5) is 5.66. The number of hydrogen-bond donors (Lipinski definition) is 2. The molecule has 5 rings (SSSR count). The number of nitrogens with one attached hydrogen (secondary N) is 2. The second-order valence-electron chi connectivity index (χ2n) is 7.12. The molecule has 0 radical (unpaired) electrons. The third-order valence-electron chi connectivity index (χ3n) is 6.09. The van der Waals surface area contributed by atoms with Gasteiger partial charge in [-0.3, -0.25) is 0 Å². The van der Waals surface area contributed by atoms with Gasteiger partial charge in [-0.2, -0.15) is 0 Å². The highest BCUT2D eigenvalue weighted by molar-refractivity contribution is 5.84. The minimum Gasteiger partial charge on any atom is -0.353 e. The number of H-pyrrole nitrogens is 1. The fraction of sp³-hybridized carbons (Fsp3) is 0.474. The summed E-state index contributed by atoms with van der Waals surface area (Å²) in [5.41, 5.74) is 4.55. The fourth-order valence-electron chi connectivity index (χ4n) is 5.22. The lowest BCUT2D eigenvalue weighted by atomic mass is 9.80. The van der Waals surface area contributed by atoms with E-state index < -0.39 is 0 Å². The molecule has 2 N–H and O–H groups in total. The van der Waals surface area contributed by atoms with Crippen molar-refractivity contribution in [3.05, 3.63) is 47.7 Å². The molecule has 1 aromatic carbocycles. The summed E-state index contributed by atoms with van der Waals surface area (Å²) >= 11 is 0. The van der Waals surface area contributed by atoms with Gasteiger partial charge in [-0.05, 0) is 30.9 Å². The Morgan fingerprint density at radius 3 is 3.00 bits per heavy atom. The van der Waals surface area contributed by atoms with Crippen molar-refractivity contribution >= 4 is 10.9 Å². The highest BCUT2D eigenvalue weighted by Gasteiger charge is 2.48. The zero-order chi connectivity index (χ0) is 13.8. The molecule has 2 nitrogen and oxygen atoms in total. The van der Waals surface area contributed by atoms with Gasteiger partial charge < -0.3 is 9.88 Å². The summed E-state index contributed by atoms with van der Waals surface area (Å²) in [5.74, 6) is 1.77. The molecule has 0 saturated carbocycles. The quantitative estimate of drug-likeness (QED) is 0.692. The van der Waals surface area contributed by atoms with Crippen LogP contribution < -0.4 is 4.90 Å². The molecule has 2 aliphatic heterocycles. The average molecular weight is 279 g/mol. The van der Waals surface area contributed by atoms with Gasteiger partial charge >= 0.3 is 0 Å². The standard InChI is InChI=1S/C19H22N2/c1-2-7-14-13(6-1)12-21-11-5-9-16-15-8-3-4-10-17(15)20-18(16)19(14)21/h1-4,8,10,13-14,19-20H,5-7,9,11-12H2/p+1/t13-,14-,19-/m0/s1. The van der Waals surface area contributed by atoms with Crippen molar-refractivity contribution in [2.24, 2.45) is 11.8 Å². The molecule has 2 aromatic rings. The Bertz CT molecular complexity index is 711. The minimum atomic E-state index is 0.713. The molecule has 108 valence electrons. The highest BCUT2D eigenvalue weighted by Crippen LogP contribution is 2.41. The lowest BCUT2D eigenvalue weighted by Gasteiger charge is -2.24. The summed E-state index contributed by atoms with van der Waals surface area (Å²) in [6.07, 6.45) is 10.0. The highest BCUT2D eigenvalue weighted by atomic mass is 15.2. The predicted octanol–water partition coefficient (Wildman–Crippen LogP) is 2.64. The Balaban J connectivity index is 1.69. The largest absolute Gasteiger partial charge is 0.353 e. The van der Waals surface area contributed by atoms with Gasteiger partial charge in [0.2, 0.25) is 0 Å². The second kappa shape index (κ2) is 4.48. The molecule has 1 aliphatic carbocycles. The van der Waals surface area contributed by atoms with E-state index in [2.05, 4.69) is 41.4 Å². The van der Waals surface area contributed by atoms with E-state index in [1.165, 1.54) is 49.7 Å². The van der Waals surface area contributed by atoms with Crippen molar-refractivity contribution in [2.45, 2.75) is 31.7 Å². The van der Waals surface area contributed by atoms with Crippen LogP contribution in [-0.4, -0.2) is 18.1 Å². The van der Waals surface area contributed by atoms with Crippen LogP contribution >= 0.6 is 0 Å². The first-order valence-electron chi connectivity index (χ1n) is 8.51. The first kappa shape index (κ1) is 12.0. The van der Waals surface area contributed by atoms with E-state index >= 15 is 0 Å². The molecule has 1 fully saturated rings. The lowest BCUT2D eigenvalue weighted by Crippen LogP contribution is -3.10. The molecule has 1 saturated heterocycles. The number of rotatable bonds is 0. The Kier molecular flexibility index (Phi) is 2.57. The number of aryl methyl sites for hydroxylation is 1. The summed E-state index contributed by atoms with van der Waals surface area (Å²) in [6, 6.07) is 9.61. The molecule has 0 bridgehead atoms. The van der Waals surface area contributed by atoms with Crippen molar-refractivity contribution in [1.82, 2.24) is 4.98 Å². The molecule has 3 heterocycles. The fourth-order valence-corrected chi connectivity index (χ4v) is 5.22. The topological polar surface area (TPSA) is 20.2 Å². The van der Waals surface area contributed by atoms with Crippen molar-refractivity contribution in [3.8, 4) is 0 Å². The van der Waals surface area contributed by atoms with Gasteiger partial charge in [0.1, 0.15) is 6.04 Å². The molecular formula is C19H23N2+. The maximum atomic E-state index is 3.82. The molecule has 0 amide bonds. The number of allylic oxidation sites excluding steroid dienone is 2. The number of hydrogen-bond acceptors (Lipinski definition) is 0. The SMILES string of the molecule is C1=CC[C@H]2[C@@H](C1)C[NH+]1CCCc3c([nH]c4ccccc34)[C@H]21. The van der Waals surface area contributed by atoms with Gasteiger partial charge in [-0.1, -0.05) is 30.4 Å². The Labute approximate surface area is 125 Å². The molecule has 4 atom stereocenters. The number of aromatic amines is 1. The monoisotopic (exact) mass is 279 g/mol. The van der Waals surface area contributed by atoms with Gasteiger partial charge in [-0.25, -0.2) is 0 Å². The molecule has 2 heteroatoms. The molecule has 1 aromatic heterocycles. The smallest absolute Gasteiger partial charge is 0.132 e. The van der Waals surface area contributed by atoms with Crippen LogP contribution in [0.2, 0.25) is 0 Å². The van der Waals surface area contributed by atoms with Gasteiger partial charge in [0.05, 0.1) is 18.8 Å². The number of benzene rings is 1. The first-order valence-corrected chi connectivity index (χ1v) is 8.51. The molecule has 21 heavy (non-hydrogen) atoms. The van der Waals surface area contributed by atoms with E-state index in [0.717, 1.165) is 11.8 Å².